The summed E-state index contributed by atoms with van der Waals surface area (Å²) in [7, 11) is 1.26. The lowest BCUT2D eigenvalue weighted by molar-refractivity contribution is -0.870. The van der Waals surface area contributed by atoms with E-state index in [1.54, 1.807) is 6.08 Å². The number of amides is 1. The Morgan fingerprint density at radius 1 is 0.422 bits per heavy atom. The quantitative estimate of drug-likeness (QED) is 0.0272. The van der Waals surface area contributed by atoms with Crippen LogP contribution < -0.4 is 10.2 Å². The van der Waals surface area contributed by atoms with Gasteiger partial charge in [0, 0.05) is 6.42 Å². The van der Waals surface area contributed by atoms with E-state index < -0.39 is 26.6 Å². The summed E-state index contributed by atoms with van der Waals surface area (Å²) in [5.74, 6) is -0.201. The van der Waals surface area contributed by atoms with Crippen molar-refractivity contribution in [2.24, 2.45) is 0 Å². The van der Waals surface area contributed by atoms with E-state index in [0.717, 1.165) is 44.9 Å². The van der Waals surface area contributed by atoms with Crippen LogP contribution in [0, 0.1) is 0 Å². The first kappa shape index (κ1) is 81.5. The lowest BCUT2D eigenvalue weighted by atomic mass is 10.0. The highest BCUT2D eigenvalue weighted by Crippen LogP contribution is 2.38. The first-order valence-electron chi connectivity index (χ1n) is 36.5. The van der Waals surface area contributed by atoms with E-state index >= 15 is 0 Å². The second-order valence-corrected chi connectivity index (χ2v) is 27.7. The number of phosphoric acid groups is 1. The van der Waals surface area contributed by atoms with Gasteiger partial charge in [0.1, 0.15) is 13.2 Å². The van der Waals surface area contributed by atoms with Crippen molar-refractivity contribution in [3.63, 3.8) is 0 Å². The zero-order valence-corrected chi connectivity index (χ0v) is 57.1. The fourth-order valence-electron chi connectivity index (χ4n) is 11.1. The molecule has 0 aromatic heterocycles. The average Bonchev–Trinajstić information content (AvgIpc) is 3.50. The molecule has 1 amide bonds. The number of phosphoric ester groups is 1. The molecule has 490 valence electrons. The van der Waals surface area contributed by atoms with Crippen LogP contribution in [0.25, 0.3) is 0 Å². The van der Waals surface area contributed by atoms with Gasteiger partial charge >= 0.3 is 0 Å². The van der Waals surface area contributed by atoms with Gasteiger partial charge in [0.15, 0.2) is 0 Å². The summed E-state index contributed by atoms with van der Waals surface area (Å²) in [6, 6.07) is -0.905. The molecule has 0 aliphatic carbocycles. The topological polar surface area (TPSA) is 108 Å². The van der Waals surface area contributed by atoms with E-state index in [4.69, 9.17) is 9.05 Å². The third kappa shape index (κ3) is 67.8. The molecule has 0 aromatic rings. The maximum absolute atomic E-state index is 13.0. The smallest absolute Gasteiger partial charge is 0.268 e. The number of rotatable bonds is 68. The summed E-state index contributed by atoms with van der Waals surface area (Å²) in [6.45, 7) is 4.68. The Kier molecular flexibility index (Phi) is 63.7. The zero-order valence-electron chi connectivity index (χ0n) is 56.2. The van der Waals surface area contributed by atoms with Gasteiger partial charge in [0.2, 0.25) is 5.91 Å². The number of unbranched alkanes of at least 4 members (excludes halogenated alkanes) is 49. The molecule has 0 aromatic carbocycles. The third-order valence-corrected chi connectivity index (χ3v) is 17.7. The first-order chi connectivity index (χ1) is 40.5. The molecular weight excluding hydrogens is 1040 g/mol. The van der Waals surface area contributed by atoms with Crippen molar-refractivity contribution in [1.82, 2.24) is 5.32 Å². The van der Waals surface area contributed by atoms with Gasteiger partial charge in [-0.25, -0.2) is 0 Å². The molecule has 3 atom stereocenters. The van der Waals surface area contributed by atoms with Crippen LogP contribution in [0.5, 0.6) is 0 Å². The fraction of sp³-hybridized carbons (Fsp3) is 0.878. The molecule has 0 heterocycles. The van der Waals surface area contributed by atoms with Crippen LogP contribution in [0.4, 0.5) is 0 Å². The summed E-state index contributed by atoms with van der Waals surface area (Å²) >= 11 is 0. The van der Waals surface area contributed by atoms with Gasteiger partial charge < -0.3 is 28.8 Å². The summed E-state index contributed by atoms with van der Waals surface area (Å²) < 4.78 is 23.4. The number of aliphatic hydroxyl groups excluding tert-OH is 1. The van der Waals surface area contributed by atoms with Gasteiger partial charge in [0.25, 0.3) is 7.82 Å². The molecule has 3 unspecified atom stereocenters. The molecule has 0 aliphatic rings. The minimum Gasteiger partial charge on any atom is -0.756 e. The highest BCUT2D eigenvalue weighted by Gasteiger charge is 2.23. The molecule has 2 N–H and O–H groups in total. The van der Waals surface area contributed by atoms with Crippen molar-refractivity contribution in [3.05, 3.63) is 48.6 Å². The predicted molar refractivity (Wildman–Crippen MR) is 362 cm³/mol. The van der Waals surface area contributed by atoms with Crippen molar-refractivity contribution in [3.8, 4) is 0 Å². The fourth-order valence-corrected chi connectivity index (χ4v) is 11.8. The van der Waals surface area contributed by atoms with E-state index in [2.05, 4.69) is 55.6 Å². The highest BCUT2D eigenvalue weighted by molar-refractivity contribution is 7.45. The van der Waals surface area contributed by atoms with Crippen LogP contribution in [0.3, 0.4) is 0 Å². The molecule has 8 nitrogen and oxygen atoms in total. The van der Waals surface area contributed by atoms with Crippen molar-refractivity contribution in [2.75, 3.05) is 40.9 Å². The van der Waals surface area contributed by atoms with E-state index in [9.17, 15) is 19.4 Å². The van der Waals surface area contributed by atoms with E-state index in [1.165, 1.54) is 302 Å². The van der Waals surface area contributed by atoms with E-state index in [-0.39, 0.29) is 12.5 Å². The van der Waals surface area contributed by atoms with Gasteiger partial charge in [-0.05, 0) is 64.2 Å². The number of likely N-dealkylation sites (N-methyl/N-ethyl adjacent to an activating group) is 1. The first-order valence-corrected chi connectivity index (χ1v) is 38.0. The second kappa shape index (κ2) is 64.9. The number of carbonyl (C=O) groups excluding carboxylic acids is 1. The van der Waals surface area contributed by atoms with Crippen molar-refractivity contribution in [1.29, 1.82) is 0 Å². The molecule has 0 saturated carbocycles. The number of carbonyl (C=O) groups is 1. The minimum atomic E-state index is -4.61. The Labute approximate surface area is 518 Å². The monoisotopic (exact) mass is 1190 g/mol. The lowest BCUT2D eigenvalue weighted by Crippen LogP contribution is -2.45. The number of allylic oxidation sites excluding steroid dienone is 7. The molecule has 0 spiro atoms. The van der Waals surface area contributed by atoms with Crippen molar-refractivity contribution >= 4 is 13.7 Å². The van der Waals surface area contributed by atoms with Crippen LogP contribution in [0.15, 0.2) is 48.6 Å². The summed E-state index contributed by atoms with van der Waals surface area (Å²) in [5.41, 5.74) is 0. The van der Waals surface area contributed by atoms with Crippen molar-refractivity contribution in [2.45, 2.75) is 379 Å². The summed E-state index contributed by atoms with van der Waals surface area (Å²) in [5, 5.41) is 13.9. The van der Waals surface area contributed by atoms with Crippen molar-refractivity contribution < 1.29 is 32.9 Å². The van der Waals surface area contributed by atoms with Gasteiger partial charge in [0.05, 0.1) is 39.9 Å². The predicted octanol–water partition coefficient (Wildman–Crippen LogP) is 22.8. The SMILES string of the molecule is CCCCCCCCCCCCCCC/C=C\C/C=C\CCCCCCCCCCCCCCCCCCCC(=O)NC(COP(=O)([O-])OCC[N+](C)(C)C)C(O)/C=C/CC/C=C/CCCCCCCCCCCCCCCCCCCC. The van der Waals surface area contributed by atoms with E-state index in [1.807, 2.05) is 27.2 Å². The zero-order chi connectivity index (χ0) is 60.5. The van der Waals surface area contributed by atoms with Gasteiger partial charge in [-0.1, -0.05) is 345 Å². The maximum Gasteiger partial charge on any atom is 0.268 e. The standard InChI is InChI=1S/C74H143N2O6P/c1-6-8-10-12-14-16-18-20-22-24-26-28-30-32-33-34-35-36-37-38-39-40-41-42-43-44-46-48-50-52-54-56-58-60-62-64-66-68-74(78)75-72(71-82-83(79,80)81-70-69-76(3,4)5)73(77)67-65-63-61-59-57-55-53-51-49-47-45-31-29-27-25-23-21-19-17-15-13-11-9-7-2/h33-34,36-37,57,59,65,67,72-73,77H,6-32,35,38-56,58,60-64,66,68-71H2,1-5H3,(H-,75,78,79,80)/b34-33-,37-36-,59-57+,67-65+. The number of hydrogen-bond donors (Lipinski definition) is 2. The number of quaternary nitrogens is 1. The Bertz CT molecular complexity index is 1490. The number of nitrogens with one attached hydrogen (secondary N) is 1. The molecule has 83 heavy (non-hydrogen) atoms. The summed E-state index contributed by atoms with van der Waals surface area (Å²) in [6.07, 6.45) is 88.3. The van der Waals surface area contributed by atoms with Crippen LogP contribution in [0.2, 0.25) is 0 Å². The highest BCUT2D eigenvalue weighted by atomic mass is 31.2. The molecule has 0 aliphatic heterocycles. The Morgan fingerprint density at radius 3 is 1.05 bits per heavy atom. The molecular formula is C74H143N2O6P. The lowest BCUT2D eigenvalue weighted by Gasteiger charge is -2.29. The Balaban J connectivity index is 4.02. The average molecular weight is 1190 g/mol. The van der Waals surface area contributed by atoms with E-state index in [0.29, 0.717) is 17.4 Å². The number of hydrogen-bond acceptors (Lipinski definition) is 6. The van der Waals surface area contributed by atoms with Gasteiger partial charge in [-0.15, -0.1) is 0 Å². The van der Waals surface area contributed by atoms with Gasteiger partial charge in [-0.3, -0.25) is 9.36 Å². The van der Waals surface area contributed by atoms with Crippen LogP contribution >= 0.6 is 7.82 Å². The molecule has 0 radical (unpaired) electrons. The third-order valence-electron chi connectivity index (χ3n) is 16.8. The molecule has 0 fully saturated rings. The molecule has 0 rings (SSSR count). The maximum atomic E-state index is 13.0. The molecule has 9 heteroatoms. The second-order valence-electron chi connectivity index (χ2n) is 26.3. The van der Waals surface area contributed by atoms with Crippen LogP contribution in [0.1, 0.15) is 367 Å². The minimum absolute atomic E-state index is 0.00563. The normalized spacial score (nSPS) is 13.9. The number of aliphatic hydroxyl groups is 1. The Hall–Kier alpha value is -1.54. The number of nitrogens with zero attached hydrogens (tertiary/aromatic N) is 1. The van der Waals surface area contributed by atoms with Crippen LogP contribution in [-0.4, -0.2) is 68.5 Å². The Morgan fingerprint density at radius 2 is 0.711 bits per heavy atom. The molecule has 0 saturated heterocycles. The molecule has 0 bridgehead atoms. The summed E-state index contributed by atoms with van der Waals surface area (Å²) in [4.78, 5) is 25.6. The largest absolute Gasteiger partial charge is 0.756 e. The van der Waals surface area contributed by atoms with Gasteiger partial charge in [-0.2, -0.15) is 0 Å². The van der Waals surface area contributed by atoms with Crippen LogP contribution in [-0.2, 0) is 18.4 Å².